The molecule has 1 saturated heterocycles. The van der Waals surface area contributed by atoms with E-state index in [1.807, 2.05) is 18.2 Å². The molecule has 0 aromatic heterocycles. The number of ether oxygens (including phenoxy) is 1. The number of benzene rings is 2. The van der Waals surface area contributed by atoms with Crippen molar-refractivity contribution in [2.24, 2.45) is 5.92 Å². The molecule has 2 fully saturated rings. The predicted molar refractivity (Wildman–Crippen MR) is 143 cm³/mol. The van der Waals surface area contributed by atoms with E-state index in [4.69, 9.17) is 10.1 Å². The smallest absolute Gasteiger partial charge is 0.433 e. The van der Waals surface area contributed by atoms with Crippen molar-refractivity contribution in [1.82, 2.24) is 0 Å². The molecular formula is C29H36F3N3O3. The van der Waals surface area contributed by atoms with Crippen molar-refractivity contribution in [3.63, 3.8) is 0 Å². The Kier molecular flexibility index (Phi) is 8.23. The number of hydrogen-bond donors (Lipinski definition) is 3. The molecule has 2 aromatic rings. The molecule has 2 aliphatic heterocycles. The van der Waals surface area contributed by atoms with Crippen LogP contribution in [0, 0.1) is 11.3 Å². The molecule has 1 atom stereocenters. The van der Waals surface area contributed by atoms with Crippen molar-refractivity contribution in [3.8, 4) is 5.75 Å². The summed E-state index contributed by atoms with van der Waals surface area (Å²) in [4.78, 5) is 13.4. The number of fused-ring (bicyclic) bond motifs is 1. The second-order valence-electron chi connectivity index (χ2n) is 10.6. The SMILES string of the molecule is C1CC1.CNc1cc(N2CCC3(CCc4ccc(CC(C)C(=O)O)cc4O3)CC2)ccc1C(=N)C(F)(F)F. The van der Waals surface area contributed by atoms with Crippen LogP contribution in [0.1, 0.15) is 62.1 Å². The summed E-state index contributed by atoms with van der Waals surface area (Å²) in [6, 6.07) is 10.6. The lowest BCUT2D eigenvalue weighted by Gasteiger charge is -2.45. The molecule has 2 aromatic carbocycles. The monoisotopic (exact) mass is 531 g/mol. The van der Waals surface area contributed by atoms with Crippen molar-refractivity contribution >= 4 is 23.1 Å². The largest absolute Gasteiger partial charge is 0.487 e. The molecule has 6 nitrogen and oxygen atoms in total. The molecule has 3 N–H and O–H groups in total. The van der Waals surface area contributed by atoms with Crippen LogP contribution in [-0.4, -0.2) is 48.7 Å². The fraction of sp³-hybridized carbons (Fsp3) is 0.517. The molecule has 1 saturated carbocycles. The van der Waals surface area contributed by atoms with Crippen molar-refractivity contribution in [2.75, 3.05) is 30.4 Å². The summed E-state index contributed by atoms with van der Waals surface area (Å²) in [5.74, 6) is -0.466. The number of alkyl halides is 3. The number of carbonyl (C=O) groups is 1. The predicted octanol–water partition coefficient (Wildman–Crippen LogP) is 6.46. The van der Waals surface area contributed by atoms with Gasteiger partial charge in [-0.1, -0.05) is 38.3 Å². The number of carboxylic acid groups (broad SMARTS) is 1. The van der Waals surface area contributed by atoms with Gasteiger partial charge in [-0.05, 0) is 54.7 Å². The lowest BCUT2D eigenvalue weighted by Crippen LogP contribution is -2.49. The van der Waals surface area contributed by atoms with Crippen LogP contribution in [-0.2, 0) is 17.6 Å². The standard InChI is InChI=1S/C26H30F3N3O3.C3H6/c1-16(24(33)34)13-17-3-4-18-7-8-25(35-22(18)14-17)9-11-32(12-10-25)19-5-6-20(21(15-19)31-2)23(30)26(27,28)29;1-2-3-1/h3-6,14-16,30-31H,7-13H2,1-2H3,(H,33,34);1-3H2. The second kappa shape index (κ2) is 11.3. The highest BCUT2D eigenvalue weighted by Gasteiger charge is 2.40. The summed E-state index contributed by atoms with van der Waals surface area (Å²) in [5.41, 5.74) is 1.32. The fourth-order valence-corrected chi connectivity index (χ4v) is 4.95. The van der Waals surface area contributed by atoms with Crippen molar-refractivity contribution in [2.45, 2.75) is 70.1 Å². The third-order valence-electron chi connectivity index (χ3n) is 7.49. The van der Waals surface area contributed by atoms with Crippen LogP contribution in [0.15, 0.2) is 36.4 Å². The van der Waals surface area contributed by atoms with Gasteiger partial charge in [0.05, 0.1) is 5.92 Å². The van der Waals surface area contributed by atoms with Crippen LogP contribution in [0.3, 0.4) is 0 Å². The van der Waals surface area contributed by atoms with Gasteiger partial charge < -0.3 is 20.1 Å². The zero-order valence-electron chi connectivity index (χ0n) is 22.0. The molecule has 206 valence electrons. The zero-order chi connectivity index (χ0) is 27.5. The number of carboxylic acids is 1. The number of nitrogens with one attached hydrogen (secondary N) is 2. The molecule has 9 heteroatoms. The molecule has 3 aliphatic rings. The molecular weight excluding hydrogens is 495 g/mol. The Morgan fingerprint density at radius 3 is 2.39 bits per heavy atom. The zero-order valence-corrected chi connectivity index (χ0v) is 22.0. The Bertz CT molecular complexity index is 1170. The van der Waals surface area contributed by atoms with Gasteiger partial charge in [0, 0.05) is 49.9 Å². The first-order valence-corrected chi connectivity index (χ1v) is 13.3. The van der Waals surface area contributed by atoms with E-state index in [9.17, 15) is 23.1 Å². The average molecular weight is 532 g/mol. The average Bonchev–Trinajstić information content (AvgIpc) is 3.77. The summed E-state index contributed by atoms with van der Waals surface area (Å²) in [6.07, 6.45) is 3.58. The number of rotatable bonds is 6. The normalized spacial score (nSPS) is 18.4. The maximum Gasteiger partial charge on any atom is 0.433 e. The number of anilines is 2. The van der Waals surface area contributed by atoms with Gasteiger partial charge in [0.1, 0.15) is 17.1 Å². The highest BCUT2D eigenvalue weighted by molar-refractivity contribution is 6.07. The first-order valence-electron chi connectivity index (χ1n) is 13.3. The number of aliphatic carboxylic acids is 1. The van der Waals surface area contributed by atoms with Gasteiger partial charge in [-0.3, -0.25) is 10.2 Å². The third-order valence-corrected chi connectivity index (χ3v) is 7.49. The van der Waals surface area contributed by atoms with E-state index in [-0.39, 0.29) is 16.9 Å². The highest BCUT2D eigenvalue weighted by Crippen LogP contribution is 2.41. The summed E-state index contributed by atoms with van der Waals surface area (Å²) < 4.78 is 45.6. The second-order valence-corrected chi connectivity index (χ2v) is 10.6. The van der Waals surface area contributed by atoms with E-state index in [0.29, 0.717) is 19.5 Å². The molecule has 1 spiro atoms. The number of nitrogens with zero attached hydrogens (tertiary/aromatic N) is 1. The van der Waals surface area contributed by atoms with Crippen LogP contribution in [0.2, 0.25) is 0 Å². The third kappa shape index (κ3) is 6.60. The summed E-state index contributed by atoms with van der Waals surface area (Å²) in [7, 11) is 1.55. The van der Waals surface area contributed by atoms with E-state index in [1.54, 1.807) is 26.1 Å². The Morgan fingerprint density at radius 2 is 1.82 bits per heavy atom. The molecule has 0 amide bonds. The molecule has 0 radical (unpaired) electrons. The van der Waals surface area contributed by atoms with Crippen molar-refractivity contribution in [3.05, 3.63) is 53.1 Å². The summed E-state index contributed by atoms with van der Waals surface area (Å²) in [6.45, 7) is 3.09. The lowest BCUT2D eigenvalue weighted by molar-refractivity contribution is -0.141. The van der Waals surface area contributed by atoms with Crippen molar-refractivity contribution in [1.29, 1.82) is 5.41 Å². The minimum atomic E-state index is -4.70. The van der Waals surface area contributed by atoms with E-state index >= 15 is 0 Å². The first-order chi connectivity index (χ1) is 18.0. The molecule has 38 heavy (non-hydrogen) atoms. The quantitative estimate of drug-likeness (QED) is 0.373. The van der Waals surface area contributed by atoms with Gasteiger partial charge in [-0.15, -0.1) is 0 Å². The molecule has 5 rings (SSSR count). The maximum absolute atomic E-state index is 13.0. The Balaban J connectivity index is 0.00000105. The van der Waals surface area contributed by atoms with Crippen LogP contribution in [0.25, 0.3) is 0 Å². The maximum atomic E-state index is 13.0. The molecule has 0 bridgehead atoms. The van der Waals surface area contributed by atoms with Crippen LogP contribution >= 0.6 is 0 Å². The van der Waals surface area contributed by atoms with Crippen LogP contribution < -0.4 is 15.0 Å². The highest BCUT2D eigenvalue weighted by atomic mass is 19.4. The minimum absolute atomic E-state index is 0.169. The fourth-order valence-electron chi connectivity index (χ4n) is 4.95. The van der Waals surface area contributed by atoms with E-state index < -0.39 is 23.8 Å². The van der Waals surface area contributed by atoms with Gasteiger partial charge >= 0.3 is 12.1 Å². The summed E-state index contributed by atoms with van der Waals surface area (Å²) >= 11 is 0. The topological polar surface area (TPSA) is 85.7 Å². The minimum Gasteiger partial charge on any atom is -0.487 e. The number of piperidine rings is 1. The Hall–Kier alpha value is -3.23. The number of hydrogen-bond acceptors (Lipinski definition) is 5. The number of halogens is 3. The van der Waals surface area contributed by atoms with Gasteiger partial charge in [-0.25, -0.2) is 0 Å². The van der Waals surface area contributed by atoms with Gasteiger partial charge in [0.2, 0.25) is 0 Å². The molecule has 2 heterocycles. The van der Waals surface area contributed by atoms with Gasteiger partial charge in [-0.2, -0.15) is 13.2 Å². The van der Waals surface area contributed by atoms with E-state index in [0.717, 1.165) is 48.2 Å². The lowest BCUT2D eigenvalue weighted by atomic mass is 9.82. The number of aryl methyl sites for hydroxylation is 1. The van der Waals surface area contributed by atoms with E-state index in [1.165, 1.54) is 25.3 Å². The van der Waals surface area contributed by atoms with E-state index in [2.05, 4.69) is 10.2 Å². The first kappa shape index (κ1) is 27.8. The summed E-state index contributed by atoms with van der Waals surface area (Å²) in [5, 5.41) is 19.5. The molecule has 1 aliphatic carbocycles. The Labute approximate surface area is 221 Å². The Morgan fingerprint density at radius 1 is 1.13 bits per heavy atom. The van der Waals surface area contributed by atoms with Gasteiger partial charge in [0.25, 0.3) is 0 Å². The van der Waals surface area contributed by atoms with Gasteiger partial charge in [0.15, 0.2) is 0 Å². The van der Waals surface area contributed by atoms with Crippen molar-refractivity contribution < 1.29 is 27.8 Å². The van der Waals surface area contributed by atoms with Crippen LogP contribution in [0.5, 0.6) is 5.75 Å². The van der Waals surface area contributed by atoms with Crippen LogP contribution in [0.4, 0.5) is 24.5 Å². The molecule has 1 unspecified atom stereocenters.